The van der Waals surface area contributed by atoms with E-state index >= 15 is 0 Å². The third-order valence-electron chi connectivity index (χ3n) is 2.42. The largest absolute Gasteiger partial charge is 0.481 e. The van der Waals surface area contributed by atoms with Gasteiger partial charge in [0.25, 0.3) is 0 Å². The van der Waals surface area contributed by atoms with Crippen LogP contribution in [0.5, 0.6) is 0 Å². The van der Waals surface area contributed by atoms with Crippen LogP contribution in [0.4, 0.5) is 0 Å². The molecule has 0 rings (SSSR count). The zero-order valence-corrected chi connectivity index (χ0v) is 11.5. The minimum atomic E-state index is -0.809. The highest BCUT2D eigenvalue weighted by molar-refractivity contribution is 7.99. The van der Waals surface area contributed by atoms with Crippen LogP contribution in [0.2, 0.25) is 0 Å². The molecular weight excluding hydrogens is 238 g/mol. The summed E-state index contributed by atoms with van der Waals surface area (Å²) in [6.45, 7) is 4.72. The van der Waals surface area contributed by atoms with E-state index in [2.05, 4.69) is 19.2 Å². The number of thioether (sulfide) groups is 1. The van der Waals surface area contributed by atoms with Crippen molar-refractivity contribution in [3.8, 4) is 0 Å². The van der Waals surface area contributed by atoms with Crippen molar-refractivity contribution < 1.29 is 14.7 Å². The van der Waals surface area contributed by atoms with Crippen molar-refractivity contribution in [2.45, 2.75) is 39.5 Å². The fourth-order valence-corrected chi connectivity index (χ4v) is 2.22. The number of nitrogens with one attached hydrogen (secondary N) is 1. The maximum Gasteiger partial charge on any atom is 0.313 e. The lowest BCUT2D eigenvalue weighted by Crippen LogP contribution is -2.32. The smallest absolute Gasteiger partial charge is 0.313 e. The molecule has 0 atom stereocenters. The Hall–Kier alpha value is -0.710. The van der Waals surface area contributed by atoms with Gasteiger partial charge in [-0.05, 0) is 12.8 Å². The number of rotatable bonds is 10. The van der Waals surface area contributed by atoms with Gasteiger partial charge >= 0.3 is 5.97 Å². The fourth-order valence-electron chi connectivity index (χ4n) is 1.65. The predicted octanol–water partition coefficient (Wildman–Crippen LogP) is 2.14. The summed E-state index contributed by atoms with van der Waals surface area (Å²) in [5.41, 5.74) is 0. The maximum atomic E-state index is 11.8. The van der Waals surface area contributed by atoms with Gasteiger partial charge in [-0.2, -0.15) is 0 Å². The Bertz CT molecular complexity index is 228. The molecule has 4 nitrogen and oxygen atoms in total. The predicted molar refractivity (Wildman–Crippen MR) is 71.3 cm³/mol. The molecule has 0 aromatic heterocycles. The minimum Gasteiger partial charge on any atom is -0.481 e. The van der Waals surface area contributed by atoms with Crippen LogP contribution in [-0.2, 0) is 9.59 Å². The quantitative estimate of drug-likeness (QED) is 0.591. The molecule has 0 aromatic rings. The first-order chi connectivity index (χ1) is 8.11. The summed E-state index contributed by atoms with van der Waals surface area (Å²) in [5.74, 6) is 0.182. The van der Waals surface area contributed by atoms with E-state index < -0.39 is 5.97 Å². The molecule has 0 spiro atoms. The average Bonchev–Trinajstić information content (AvgIpc) is 2.27. The van der Waals surface area contributed by atoms with Crippen LogP contribution in [0.3, 0.4) is 0 Å². The van der Waals surface area contributed by atoms with Gasteiger partial charge in [-0.25, -0.2) is 0 Å². The first kappa shape index (κ1) is 16.3. The zero-order valence-electron chi connectivity index (χ0n) is 10.7. The van der Waals surface area contributed by atoms with Gasteiger partial charge in [0, 0.05) is 18.2 Å². The number of carbonyl (C=O) groups is 2. The number of hydrogen-bond donors (Lipinski definition) is 2. The van der Waals surface area contributed by atoms with Gasteiger partial charge < -0.3 is 10.4 Å². The molecule has 0 aliphatic rings. The summed E-state index contributed by atoms with van der Waals surface area (Å²) in [7, 11) is 0. The molecule has 0 aliphatic heterocycles. The lowest BCUT2D eigenvalue weighted by atomic mass is 9.97. The van der Waals surface area contributed by atoms with E-state index in [0.717, 1.165) is 25.7 Å². The lowest BCUT2D eigenvalue weighted by Gasteiger charge is -2.14. The van der Waals surface area contributed by atoms with E-state index in [9.17, 15) is 9.59 Å². The molecule has 0 bridgehead atoms. The van der Waals surface area contributed by atoms with Crippen molar-refractivity contribution in [3.63, 3.8) is 0 Å². The Morgan fingerprint density at radius 3 is 2.29 bits per heavy atom. The highest BCUT2D eigenvalue weighted by atomic mass is 32.2. The number of carboxylic acids is 1. The second-order valence-electron chi connectivity index (χ2n) is 4.01. The van der Waals surface area contributed by atoms with Gasteiger partial charge in [-0.1, -0.05) is 26.7 Å². The van der Waals surface area contributed by atoms with Crippen molar-refractivity contribution >= 4 is 23.6 Å². The van der Waals surface area contributed by atoms with Crippen molar-refractivity contribution in [1.82, 2.24) is 5.32 Å². The number of hydrogen-bond acceptors (Lipinski definition) is 3. The van der Waals surface area contributed by atoms with E-state index in [4.69, 9.17) is 5.11 Å². The van der Waals surface area contributed by atoms with Gasteiger partial charge in [0.05, 0.1) is 5.75 Å². The standard InChI is InChI=1S/C12H23NO3S/c1-3-5-10(6-4-2)12(16)13-7-8-17-9-11(14)15/h10H,3-9H2,1-2H3,(H,13,16)(H,14,15). The first-order valence-corrected chi connectivity index (χ1v) is 7.34. The van der Waals surface area contributed by atoms with E-state index in [1.807, 2.05) is 0 Å². The summed E-state index contributed by atoms with van der Waals surface area (Å²) < 4.78 is 0. The van der Waals surface area contributed by atoms with Crippen LogP contribution in [0, 0.1) is 5.92 Å². The maximum absolute atomic E-state index is 11.8. The molecular formula is C12H23NO3S. The topological polar surface area (TPSA) is 66.4 Å². The number of carbonyl (C=O) groups excluding carboxylic acids is 1. The molecule has 1 amide bonds. The third kappa shape index (κ3) is 9.03. The number of carboxylic acid groups (broad SMARTS) is 1. The monoisotopic (exact) mass is 261 g/mol. The summed E-state index contributed by atoms with van der Waals surface area (Å²) >= 11 is 1.33. The molecule has 0 aliphatic carbocycles. The van der Waals surface area contributed by atoms with Gasteiger partial charge in [0.1, 0.15) is 0 Å². The third-order valence-corrected chi connectivity index (χ3v) is 3.36. The Morgan fingerprint density at radius 2 is 1.82 bits per heavy atom. The SMILES string of the molecule is CCCC(CCC)C(=O)NCCSCC(=O)O. The summed E-state index contributed by atoms with van der Waals surface area (Å²) in [5, 5.41) is 11.3. The summed E-state index contributed by atoms with van der Waals surface area (Å²) in [4.78, 5) is 22.1. The van der Waals surface area contributed by atoms with Crippen molar-refractivity contribution in [3.05, 3.63) is 0 Å². The highest BCUT2D eigenvalue weighted by Crippen LogP contribution is 2.13. The molecule has 0 radical (unpaired) electrons. The van der Waals surface area contributed by atoms with E-state index in [1.54, 1.807) is 0 Å². The van der Waals surface area contributed by atoms with E-state index in [-0.39, 0.29) is 17.6 Å². The molecule has 0 saturated heterocycles. The molecule has 0 heterocycles. The molecule has 0 aromatic carbocycles. The van der Waals surface area contributed by atoms with E-state index in [1.165, 1.54) is 11.8 Å². The van der Waals surface area contributed by atoms with Crippen LogP contribution in [0.25, 0.3) is 0 Å². The van der Waals surface area contributed by atoms with Gasteiger partial charge in [-0.3, -0.25) is 9.59 Å². The zero-order chi connectivity index (χ0) is 13.1. The van der Waals surface area contributed by atoms with Gasteiger partial charge in [-0.15, -0.1) is 11.8 Å². The van der Waals surface area contributed by atoms with Crippen LogP contribution in [0.15, 0.2) is 0 Å². The minimum absolute atomic E-state index is 0.100. The highest BCUT2D eigenvalue weighted by Gasteiger charge is 2.15. The van der Waals surface area contributed by atoms with Crippen LogP contribution in [-0.4, -0.2) is 35.0 Å². The Balaban J connectivity index is 3.70. The second-order valence-corrected chi connectivity index (χ2v) is 5.12. The Labute approximate surface area is 108 Å². The molecule has 0 saturated carbocycles. The first-order valence-electron chi connectivity index (χ1n) is 6.19. The fraction of sp³-hybridized carbons (Fsp3) is 0.833. The number of amides is 1. The second kappa shape index (κ2) is 10.4. The van der Waals surface area contributed by atoms with Crippen LogP contribution < -0.4 is 5.32 Å². The van der Waals surface area contributed by atoms with E-state index in [0.29, 0.717) is 12.3 Å². The molecule has 100 valence electrons. The normalized spacial score (nSPS) is 10.5. The van der Waals surface area contributed by atoms with Crippen LogP contribution >= 0.6 is 11.8 Å². The van der Waals surface area contributed by atoms with Crippen molar-refractivity contribution in [2.24, 2.45) is 5.92 Å². The molecule has 2 N–H and O–H groups in total. The Morgan fingerprint density at radius 1 is 1.24 bits per heavy atom. The van der Waals surface area contributed by atoms with Gasteiger partial charge in [0.15, 0.2) is 0 Å². The molecule has 5 heteroatoms. The van der Waals surface area contributed by atoms with Crippen LogP contribution in [0.1, 0.15) is 39.5 Å². The van der Waals surface area contributed by atoms with Crippen molar-refractivity contribution in [2.75, 3.05) is 18.1 Å². The molecule has 0 unspecified atom stereocenters. The summed E-state index contributed by atoms with van der Waals surface area (Å²) in [6, 6.07) is 0. The molecule has 0 fully saturated rings. The Kier molecular flexibility index (Phi) is 10.0. The van der Waals surface area contributed by atoms with Crippen molar-refractivity contribution in [1.29, 1.82) is 0 Å². The average molecular weight is 261 g/mol. The number of aliphatic carboxylic acids is 1. The summed E-state index contributed by atoms with van der Waals surface area (Å²) in [6.07, 6.45) is 3.90. The van der Waals surface area contributed by atoms with Gasteiger partial charge in [0.2, 0.25) is 5.91 Å². The molecule has 17 heavy (non-hydrogen) atoms. The lowest BCUT2D eigenvalue weighted by molar-refractivity contribution is -0.134.